The van der Waals surface area contributed by atoms with E-state index >= 15 is 0 Å². The van der Waals surface area contributed by atoms with Crippen LogP contribution in [0.3, 0.4) is 0 Å². The average Bonchev–Trinajstić information content (AvgIpc) is 2.26. The predicted molar refractivity (Wildman–Crippen MR) is 61.1 cm³/mol. The third-order valence-electron chi connectivity index (χ3n) is 3.40. The summed E-state index contributed by atoms with van der Waals surface area (Å²) < 4.78 is 0. The molecule has 1 saturated heterocycles. The first-order valence-electron chi connectivity index (χ1n) is 6.06. The van der Waals surface area contributed by atoms with Crippen molar-refractivity contribution in [3.63, 3.8) is 0 Å². The second-order valence-electron chi connectivity index (χ2n) is 4.69. The van der Waals surface area contributed by atoms with Gasteiger partial charge < -0.3 is 10.0 Å². The summed E-state index contributed by atoms with van der Waals surface area (Å²) in [6.07, 6.45) is 4.65. The molecule has 1 unspecified atom stereocenters. The molecule has 0 aromatic carbocycles. The molecule has 1 N–H and O–H groups in total. The highest BCUT2D eigenvalue weighted by Crippen LogP contribution is 2.29. The lowest BCUT2D eigenvalue weighted by atomic mass is 9.88. The van der Waals surface area contributed by atoms with E-state index in [4.69, 9.17) is 0 Å². The lowest BCUT2D eigenvalue weighted by molar-refractivity contribution is -0.161. The molecule has 0 aromatic heterocycles. The van der Waals surface area contributed by atoms with Gasteiger partial charge in [0.15, 0.2) is 0 Å². The molecule has 1 atom stereocenters. The summed E-state index contributed by atoms with van der Waals surface area (Å²) in [6.45, 7) is 4.28. The van der Waals surface area contributed by atoms with Crippen molar-refractivity contribution in [3.05, 3.63) is 0 Å². The van der Waals surface area contributed by atoms with E-state index in [1.54, 1.807) is 11.8 Å². The van der Waals surface area contributed by atoms with Gasteiger partial charge in [0.25, 0.3) is 0 Å². The topological polar surface area (TPSA) is 57.6 Å². The molecular weight excluding hydrogens is 206 g/mol. The zero-order valence-corrected chi connectivity index (χ0v) is 10.2. The van der Waals surface area contributed by atoms with Crippen LogP contribution in [-0.2, 0) is 9.59 Å². The molecule has 92 valence electrons. The summed E-state index contributed by atoms with van der Waals surface area (Å²) in [4.78, 5) is 24.8. The number of carbonyl (C=O) groups is 2. The first kappa shape index (κ1) is 13.0. The minimum Gasteiger partial charge on any atom is -0.480 e. The highest BCUT2D eigenvalue weighted by Gasteiger charge is 2.43. The number of hydrogen-bond donors (Lipinski definition) is 1. The minimum atomic E-state index is -0.983. The average molecular weight is 227 g/mol. The van der Waals surface area contributed by atoms with Crippen molar-refractivity contribution in [2.75, 3.05) is 6.54 Å². The Kier molecular flexibility index (Phi) is 4.33. The van der Waals surface area contributed by atoms with E-state index in [9.17, 15) is 14.7 Å². The minimum absolute atomic E-state index is 0.00792. The van der Waals surface area contributed by atoms with Crippen LogP contribution in [0.5, 0.6) is 0 Å². The lowest BCUT2D eigenvalue weighted by Gasteiger charge is -2.41. The van der Waals surface area contributed by atoms with Crippen molar-refractivity contribution in [2.45, 2.75) is 57.9 Å². The molecule has 4 nitrogen and oxygen atoms in total. The van der Waals surface area contributed by atoms with E-state index in [-0.39, 0.29) is 5.91 Å². The second kappa shape index (κ2) is 5.32. The van der Waals surface area contributed by atoms with Crippen LogP contribution >= 0.6 is 0 Å². The molecule has 0 bridgehead atoms. The van der Waals surface area contributed by atoms with Crippen LogP contribution < -0.4 is 0 Å². The summed E-state index contributed by atoms with van der Waals surface area (Å²) in [5, 5.41) is 9.25. The fourth-order valence-electron chi connectivity index (χ4n) is 2.21. The van der Waals surface area contributed by atoms with Crippen LogP contribution in [0.1, 0.15) is 52.4 Å². The molecule has 0 radical (unpaired) electrons. The second-order valence-corrected chi connectivity index (χ2v) is 4.69. The van der Waals surface area contributed by atoms with Gasteiger partial charge in [0.05, 0.1) is 0 Å². The Hall–Kier alpha value is -1.06. The fourth-order valence-corrected chi connectivity index (χ4v) is 2.21. The smallest absolute Gasteiger partial charge is 0.329 e. The number of piperidine rings is 1. The Labute approximate surface area is 96.6 Å². The molecule has 16 heavy (non-hydrogen) atoms. The molecule has 4 heteroatoms. The van der Waals surface area contributed by atoms with Gasteiger partial charge in [0, 0.05) is 13.0 Å². The van der Waals surface area contributed by atoms with E-state index in [0.29, 0.717) is 19.4 Å². The number of likely N-dealkylation sites (tertiary alicyclic amines) is 1. The van der Waals surface area contributed by atoms with E-state index in [0.717, 1.165) is 25.7 Å². The number of carboxylic acid groups (broad SMARTS) is 1. The number of hydrogen-bond acceptors (Lipinski definition) is 2. The van der Waals surface area contributed by atoms with Gasteiger partial charge in [0.1, 0.15) is 5.54 Å². The van der Waals surface area contributed by atoms with Gasteiger partial charge in [-0.15, -0.1) is 0 Å². The quantitative estimate of drug-likeness (QED) is 0.799. The molecule has 1 aliphatic heterocycles. The molecule has 0 saturated carbocycles. The van der Waals surface area contributed by atoms with Gasteiger partial charge >= 0.3 is 5.97 Å². The van der Waals surface area contributed by atoms with E-state index in [1.165, 1.54) is 0 Å². The maximum absolute atomic E-state index is 11.9. The maximum Gasteiger partial charge on any atom is 0.329 e. The van der Waals surface area contributed by atoms with Crippen molar-refractivity contribution in [2.24, 2.45) is 0 Å². The monoisotopic (exact) mass is 227 g/mol. The summed E-state index contributed by atoms with van der Waals surface area (Å²) in [5.41, 5.74) is -0.983. The van der Waals surface area contributed by atoms with Gasteiger partial charge in [-0.1, -0.05) is 13.3 Å². The van der Waals surface area contributed by atoms with Crippen molar-refractivity contribution in [1.82, 2.24) is 4.90 Å². The molecule has 1 fully saturated rings. The molecule has 1 rings (SSSR count). The highest BCUT2D eigenvalue weighted by molar-refractivity contribution is 5.87. The predicted octanol–water partition coefficient (Wildman–Crippen LogP) is 2.03. The number of nitrogens with zero attached hydrogens (tertiary/aromatic N) is 1. The molecule has 1 heterocycles. The van der Waals surface area contributed by atoms with Gasteiger partial charge in [-0.2, -0.15) is 0 Å². The normalized spacial score (nSPS) is 25.5. The van der Waals surface area contributed by atoms with E-state index < -0.39 is 11.5 Å². The first-order valence-corrected chi connectivity index (χ1v) is 6.06. The number of carbonyl (C=O) groups excluding carboxylic acids is 1. The number of aliphatic carboxylic acids is 1. The van der Waals surface area contributed by atoms with Crippen LogP contribution in [0.15, 0.2) is 0 Å². The summed E-state index contributed by atoms with van der Waals surface area (Å²) in [7, 11) is 0. The number of unbranched alkanes of at least 4 members (excludes halogenated alkanes) is 1. The van der Waals surface area contributed by atoms with Crippen molar-refractivity contribution in [3.8, 4) is 0 Å². The van der Waals surface area contributed by atoms with Crippen molar-refractivity contribution < 1.29 is 14.7 Å². The Morgan fingerprint density at radius 1 is 1.38 bits per heavy atom. The molecule has 0 aromatic rings. The largest absolute Gasteiger partial charge is 0.480 e. The standard InChI is InChI=1S/C12H21NO3/c1-3-4-7-10(14)13-9-6-5-8-12(13,2)11(15)16/h3-9H2,1-2H3,(H,15,16). The third kappa shape index (κ3) is 2.54. The Bertz CT molecular complexity index is 277. The molecule has 1 amide bonds. The third-order valence-corrected chi connectivity index (χ3v) is 3.40. The zero-order chi connectivity index (χ0) is 12.2. The molecule has 1 aliphatic rings. The number of amides is 1. The summed E-state index contributed by atoms with van der Waals surface area (Å²) in [6, 6.07) is 0. The fraction of sp³-hybridized carbons (Fsp3) is 0.833. The van der Waals surface area contributed by atoms with E-state index in [1.807, 2.05) is 6.92 Å². The van der Waals surface area contributed by atoms with Crippen LogP contribution in [0.4, 0.5) is 0 Å². The van der Waals surface area contributed by atoms with Gasteiger partial charge in [-0.3, -0.25) is 4.79 Å². The summed E-state index contributed by atoms with van der Waals surface area (Å²) in [5.74, 6) is -0.886. The molecular formula is C12H21NO3. The van der Waals surface area contributed by atoms with Crippen LogP contribution in [-0.4, -0.2) is 34.0 Å². The SMILES string of the molecule is CCCCC(=O)N1CCCCC1(C)C(=O)O. The number of carboxylic acids is 1. The molecule has 0 spiro atoms. The maximum atomic E-state index is 11.9. The van der Waals surface area contributed by atoms with E-state index in [2.05, 4.69) is 0 Å². The lowest BCUT2D eigenvalue weighted by Crippen LogP contribution is -2.57. The van der Waals surface area contributed by atoms with Crippen molar-refractivity contribution >= 4 is 11.9 Å². The first-order chi connectivity index (χ1) is 7.52. The Morgan fingerprint density at radius 2 is 2.06 bits per heavy atom. The Balaban J connectivity index is 2.74. The number of rotatable bonds is 4. The molecule has 0 aliphatic carbocycles. The zero-order valence-electron chi connectivity index (χ0n) is 10.2. The van der Waals surface area contributed by atoms with Gasteiger partial charge in [-0.05, 0) is 32.6 Å². The highest BCUT2D eigenvalue weighted by atomic mass is 16.4. The van der Waals surface area contributed by atoms with Crippen LogP contribution in [0, 0.1) is 0 Å². The van der Waals surface area contributed by atoms with Crippen LogP contribution in [0.25, 0.3) is 0 Å². The van der Waals surface area contributed by atoms with Crippen LogP contribution in [0.2, 0.25) is 0 Å². The van der Waals surface area contributed by atoms with Crippen molar-refractivity contribution in [1.29, 1.82) is 0 Å². The Morgan fingerprint density at radius 3 is 2.62 bits per heavy atom. The van der Waals surface area contributed by atoms with Gasteiger partial charge in [0.2, 0.25) is 5.91 Å². The van der Waals surface area contributed by atoms with Gasteiger partial charge in [-0.25, -0.2) is 4.79 Å². The summed E-state index contributed by atoms with van der Waals surface area (Å²) >= 11 is 0.